The van der Waals surface area contributed by atoms with Crippen molar-refractivity contribution in [3.8, 4) is 0 Å². The number of unbranched alkanes of at least 4 members (excludes halogenated alkanes) is 6. The third-order valence-electron chi connectivity index (χ3n) is 21.3. The molecule has 632 valence electrons. The van der Waals surface area contributed by atoms with Crippen molar-refractivity contribution in [2.45, 2.75) is 204 Å². The predicted octanol–water partition coefficient (Wildman–Crippen LogP) is 37.3. The molecule has 121 heavy (non-hydrogen) atoms. The summed E-state index contributed by atoms with van der Waals surface area (Å²) in [6, 6.07) is 105. The smallest absolute Gasteiger partial charge is 0.0771 e. The summed E-state index contributed by atoms with van der Waals surface area (Å²) in [5.41, 5.74) is 14.8. The summed E-state index contributed by atoms with van der Waals surface area (Å²) >= 11 is -3.30. The molecule has 0 fully saturated rings. The van der Waals surface area contributed by atoms with Crippen LogP contribution in [-0.4, -0.2) is 12.2 Å². The molecule has 0 aromatic heterocycles. The van der Waals surface area contributed by atoms with Gasteiger partial charge in [-0.15, -0.1) is 200 Å². The number of halogens is 8. The van der Waals surface area contributed by atoms with Gasteiger partial charge >= 0.3 is 151 Å². The summed E-state index contributed by atoms with van der Waals surface area (Å²) < 4.78 is 5.67. The van der Waals surface area contributed by atoms with Crippen LogP contribution in [0.1, 0.15) is 190 Å². The van der Waals surface area contributed by atoms with Gasteiger partial charge < -0.3 is 4.74 Å². The summed E-state index contributed by atoms with van der Waals surface area (Å²) in [7, 11) is 39.5. The predicted molar refractivity (Wildman–Crippen MR) is 531 cm³/mol. The number of benzene rings is 9. The number of fused-ring (bicyclic) bond motifs is 13. The van der Waals surface area contributed by atoms with Gasteiger partial charge in [-0.05, 0) is 50.9 Å². The van der Waals surface area contributed by atoms with E-state index in [2.05, 4.69) is 402 Å². The Morgan fingerprint density at radius 3 is 0.967 bits per heavy atom. The first-order chi connectivity index (χ1) is 58.1. The Bertz CT molecular complexity index is 5330. The molecule has 0 heterocycles. The maximum absolute atomic E-state index is 5.67. The monoisotopic (exact) mass is 2070 g/mol. The zero-order valence-electron chi connectivity index (χ0n) is 73.8. The van der Waals surface area contributed by atoms with Gasteiger partial charge in [0.05, 0.1) is 5.60 Å². The van der Waals surface area contributed by atoms with Crippen LogP contribution in [0.5, 0.6) is 0 Å². The molecule has 1 nitrogen and oxygen atoms in total. The molecular formula is C108H122Cl8OZr4. The van der Waals surface area contributed by atoms with Crippen LogP contribution in [0, 0.1) is 34.6 Å². The maximum atomic E-state index is 5.67. The van der Waals surface area contributed by atoms with E-state index in [1.54, 1.807) is 0 Å². The average molecular weight is 2080 g/mol. The van der Waals surface area contributed by atoms with Gasteiger partial charge in [-0.2, -0.15) is 81.9 Å². The molecule has 0 unspecified atom stereocenters. The molecule has 0 bridgehead atoms. The first kappa shape index (κ1) is 106. The number of aryl methyl sites for hydroxylation is 6. The zero-order valence-corrected chi connectivity index (χ0v) is 89.7. The molecular weight excluding hydrogens is 1960 g/mol. The van der Waals surface area contributed by atoms with E-state index in [0.29, 0.717) is 0 Å². The van der Waals surface area contributed by atoms with Crippen molar-refractivity contribution >= 4 is 165 Å². The molecule has 0 aliphatic rings. The average Bonchev–Trinajstić information content (AvgIpc) is 1.63. The van der Waals surface area contributed by atoms with Gasteiger partial charge in [-0.1, -0.05) is 298 Å². The van der Waals surface area contributed by atoms with E-state index < -0.39 is 83.4 Å². The molecule has 0 saturated carbocycles. The van der Waals surface area contributed by atoms with Crippen LogP contribution < -0.4 is 0 Å². The topological polar surface area (TPSA) is 9.23 Å². The zero-order chi connectivity index (χ0) is 88.3. The quantitative estimate of drug-likeness (QED) is 0.0779. The number of rotatable bonds is 14. The van der Waals surface area contributed by atoms with Crippen LogP contribution in [0.2, 0.25) is 0 Å². The second-order valence-electron chi connectivity index (χ2n) is 33.5. The minimum atomic E-state index is -0.826. The molecule has 17 aromatic rings. The molecule has 0 aliphatic carbocycles. The molecule has 0 aliphatic heterocycles. The van der Waals surface area contributed by atoms with Crippen LogP contribution in [0.3, 0.4) is 0 Å². The minimum absolute atomic E-state index is 0.0195. The van der Waals surface area contributed by atoms with Crippen LogP contribution >= 0.6 is 68.1 Å². The molecule has 17 rings (SSSR count). The van der Waals surface area contributed by atoms with Crippen molar-refractivity contribution in [3.05, 3.63) is 347 Å². The maximum Gasteiger partial charge on any atom is -0.0771 e. The van der Waals surface area contributed by atoms with Gasteiger partial charge in [0.15, 0.2) is 0 Å². The van der Waals surface area contributed by atoms with Gasteiger partial charge in [0.1, 0.15) is 0 Å². The van der Waals surface area contributed by atoms with Gasteiger partial charge in [-0.3, -0.25) is 0 Å². The van der Waals surface area contributed by atoms with Gasteiger partial charge in [0.25, 0.3) is 0 Å². The summed E-state index contributed by atoms with van der Waals surface area (Å²) in [5.74, 6) is 0. The Morgan fingerprint density at radius 1 is 0.298 bits per heavy atom. The molecule has 0 amide bonds. The standard InChI is InChI=1S/C21H25.C19H21.C14H23O.2C13H9.C10H9.2C9H13.8ClH.4Zr/c1-20(2,3)16-7-9-18-14(12-16)11-15-13-17(21(4,5)6)8-10-19(15)18;1-2-3-4-5-8-15-11-12-19-17(13-15)14-16-9-6-7-10-18(16)19;1-14(2,3)15-12-8-4-5-9-13-10-6-7-11-13;2*1-3-7-12-10(5-1)9-11-6-2-4-8-13(11)12;1-8-6-9-4-2-3-5-10(9)7-8;1-6-5-7(2)9(4)8(6)3;1-2-3-6-9-7-4-5-8-9;;;;;;;;;;;;/h7-13H,1-6H3;6-7,9-14H,2-5,8H2,1H3;6-7,10-11H,4-5,8-9,12H2,1-3H3;2*1-9H;2-7H,1H3;5H,1-4H3;4-5,7-8H,2-3,6H2,1H3;8*1H;;;;/q8*-1;;;;;;;;;4*+4/p-8. The van der Waals surface area contributed by atoms with Crippen molar-refractivity contribution in [2.24, 2.45) is 0 Å². The van der Waals surface area contributed by atoms with E-state index >= 15 is 0 Å². The van der Waals surface area contributed by atoms with E-state index in [9.17, 15) is 0 Å². The van der Waals surface area contributed by atoms with E-state index in [0.717, 1.165) is 6.61 Å². The first-order valence-corrected chi connectivity index (χ1v) is 67.4. The van der Waals surface area contributed by atoms with Crippen molar-refractivity contribution in [1.82, 2.24) is 0 Å². The fraction of sp³-hybridized carbons (Fsp3) is 0.296. The molecule has 0 radical (unpaired) electrons. The Labute approximate surface area is 800 Å². The normalized spacial score (nSPS) is 10.6. The fourth-order valence-corrected chi connectivity index (χ4v) is 14.7. The summed E-state index contributed by atoms with van der Waals surface area (Å²) in [6.45, 7) is 36.1. The second kappa shape index (κ2) is 57.0. The fourth-order valence-electron chi connectivity index (χ4n) is 14.7. The van der Waals surface area contributed by atoms with E-state index in [4.69, 9.17) is 72.8 Å². The Balaban J connectivity index is 0.000000213. The first-order valence-electron chi connectivity index (χ1n) is 42.1. The van der Waals surface area contributed by atoms with E-state index in [1.165, 1.54) is 230 Å². The van der Waals surface area contributed by atoms with Crippen LogP contribution in [0.15, 0.2) is 291 Å². The van der Waals surface area contributed by atoms with Crippen LogP contribution in [0.4, 0.5) is 0 Å². The Hall–Kier alpha value is -4.07. The molecule has 0 spiro atoms. The number of ether oxygens (including phenoxy) is 1. The largest absolute Gasteiger partial charge is 0.126 e. The van der Waals surface area contributed by atoms with E-state index in [-0.39, 0.29) is 16.4 Å². The number of hydrogen-bond donors (Lipinski definition) is 0. The van der Waals surface area contributed by atoms with Crippen molar-refractivity contribution in [1.29, 1.82) is 0 Å². The molecule has 17 aromatic carbocycles. The van der Waals surface area contributed by atoms with Crippen LogP contribution in [-0.2, 0) is 118 Å². The molecule has 0 saturated heterocycles. The minimum Gasteiger partial charge on any atom is -0.126 e. The molecule has 0 N–H and O–H groups in total. The van der Waals surface area contributed by atoms with Crippen molar-refractivity contribution < 1.29 is 88.1 Å². The third kappa shape index (κ3) is 36.5. The van der Waals surface area contributed by atoms with Gasteiger partial charge in [0.2, 0.25) is 0 Å². The summed E-state index contributed by atoms with van der Waals surface area (Å²) in [6.07, 6.45) is 15.4. The Kier molecular flexibility index (Phi) is 49.8. The summed E-state index contributed by atoms with van der Waals surface area (Å²) in [5, 5.41) is 24.5. The van der Waals surface area contributed by atoms with Crippen molar-refractivity contribution in [3.63, 3.8) is 0 Å². The SMILES string of the molecule is CC(C)(C)OCCCCCc1cc[cH-]c1.CC(C)(C)c1ccc2c(c1)[cH-]c1cc(C(C)(C)C)ccc12.CCCCCCc1ccc2c(c1)[cH-]c1ccccc12.CCCCc1cc[cH-]c1.Cc1[cH-]c(C)c(C)c1C.Cc1cc2ccccc2[cH-]1.[Cl][Zr+2][Cl].[Cl][Zr+2][Cl].[Cl][Zr+2][Cl].[Cl][Zr+2][Cl].c1ccc2c(c1)[cH-]c1ccccc12.c1ccc2c(c1)[cH-]c1ccccc12. The van der Waals surface area contributed by atoms with Crippen molar-refractivity contribution in [2.75, 3.05) is 6.61 Å². The number of hydrogen-bond acceptors (Lipinski definition) is 1. The Morgan fingerprint density at radius 2 is 0.620 bits per heavy atom. The third-order valence-corrected chi connectivity index (χ3v) is 21.3. The van der Waals surface area contributed by atoms with Gasteiger partial charge in [-0.25, -0.2) is 12.1 Å². The molecule has 0 atom stereocenters. The second-order valence-corrected chi connectivity index (χ2v) is 48.4. The van der Waals surface area contributed by atoms with Crippen LogP contribution in [0.25, 0.3) is 97.0 Å². The summed E-state index contributed by atoms with van der Waals surface area (Å²) in [4.78, 5) is 0. The molecule has 13 heteroatoms. The van der Waals surface area contributed by atoms with E-state index in [1.807, 2.05) is 0 Å². The van der Waals surface area contributed by atoms with Gasteiger partial charge in [0, 0.05) is 6.61 Å².